The number of imidazole rings is 1. The third kappa shape index (κ3) is 21.4. The van der Waals surface area contributed by atoms with Crippen LogP contribution in [0.2, 0.25) is 0 Å². The zero-order valence-electron chi connectivity index (χ0n) is 36.0. The van der Waals surface area contributed by atoms with Crippen LogP contribution in [0.4, 0.5) is 0 Å². The molecule has 0 saturated heterocycles. The van der Waals surface area contributed by atoms with Crippen molar-refractivity contribution >= 4 is 41.0 Å². The van der Waals surface area contributed by atoms with E-state index in [4.69, 9.17) is 9.47 Å². The lowest BCUT2D eigenvalue weighted by Crippen LogP contribution is -2.30. The Bertz CT molecular complexity index is 2100. The van der Waals surface area contributed by atoms with Crippen molar-refractivity contribution in [3.63, 3.8) is 0 Å². The van der Waals surface area contributed by atoms with E-state index in [1.807, 2.05) is 21.4 Å². The Kier molecular flexibility index (Phi) is 23.5. The van der Waals surface area contributed by atoms with Gasteiger partial charge in [-0.15, -0.1) is 40.5 Å². The molecule has 3 rings (SSSR count). The highest BCUT2D eigenvalue weighted by atomic mass is 32.1. The first kappa shape index (κ1) is 53.1. The summed E-state index contributed by atoms with van der Waals surface area (Å²) >= 11 is 1.48. The molecule has 2 unspecified atom stereocenters. The Morgan fingerprint density at radius 2 is 1.38 bits per heavy atom. The maximum absolute atomic E-state index is 13.7. The van der Waals surface area contributed by atoms with Crippen LogP contribution < -0.4 is 5.32 Å². The molecule has 0 aliphatic rings. The Morgan fingerprint density at radius 1 is 0.773 bits per heavy atom. The summed E-state index contributed by atoms with van der Waals surface area (Å²) in [4.78, 5) is 115. The number of ether oxygens (including phenoxy) is 2. The number of allylic oxidation sites excluding steroid dienone is 1. The van der Waals surface area contributed by atoms with Crippen molar-refractivity contribution in [3.8, 4) is 0 Å². The van der Waals surface area contributed by atoms with E-state index < -0.39 is 70.2 Å². The summed E-state index contributed by atoms with van der Waals surface area (Å²) in [6.45, 7) is 0.599. The fourth-order valence-electron chi connectivity index (χ4n) is 6.17. The zero-order valence-corrected chi connectivity index (χ0v) is 36.8. The van der Waals surface area contributed by atoms with Gasteiger partial charge in [-0.05, 0) is 91.1 Å². The molecule has 0 fully saturated rings. The largest absolute Gasteiger partial charge is 0.466 e. The number of ketones is 1. The first-order chi connectivity index (χ1) is 31.6. The molecule has 2 aromatic heterocycles. The number of aromatic nitrogens is 2. The highest BCUT2D eigenvalue weighted by molar-refractivity contribution is 7.07. The summed E-state index contributed by atoms with van der Waals surface area (Å²) in [5, 5.41) is 44.1. The predicted octanol–water partition coefficient (Wildman–Crippen LogP) is 5.04. The molecule has 1 aromatic carbocycles. The maximum Gasteiger partial charge on any atom is 0.325 e. The Morgan fingerprint density at radius 3 is 1.92 bits per heavy atom. The van der Waals surface area contributed by atoms with Crippen molar-refractivity contribution in [1.82, 2.24) is 14.9 Å². The molecule has 0 bridgehead atoms. The minimum atomic E-state index is -1.17. The van der Waals surface area contributed by atoms with Crippen LogP contribution in [0.15, 0.2) is 52.9 Å². The topological polar surface area (TPSA) is 326 Å². The zero-order chi connectivity index (χ0) is 48.3. The predicted molar refractivity (Wildman–Crippen MR) is 228 cm³/mol. The molecule has 360 valence electrons. The Labute approximate surface area is 380 Å². The van der Waals surface area contributed by atoms with Gasteiger partial charge in [-0.25, -0.2) is 4.98 Å². The maximum atomic E-state index is 13.7. The highest BCUT2D eigenvalue weighted by Gasteiger charge is 2.20. The van der Waals surface area contributed by atoms with Crippen LogP contribution in [0.5, 0.6) is 0 Å². The van der Waals surface area contributed by atoms with Crippen LogP contribution >= 0.6 is 11.3 Å². The van der Waals surface area contributed by atoms with Crippen molar-refractivity contribution in [2.75, 3.05) is 33.0 Å². The van der Waals surface area contributed by atoms with Crippen LogP contribution in [0.3, 0.4) is 0 Å². The monoisotopic (exact) mass is 949 g/mol. The highest BCUT2D eigenvalue weighted by Crippen LogP contribution is 2.21. The molecule has 0 aliphatic heterocycles. The fourth-order valence-corrected chi connectivity index (χ4v) is 6.83. The van der Waals surface area contributed by atoms with Gasteiger partial charge in [0.05, 0.1) is 31.5 Å². The summed E-state index contributed by atoms with van der Waals surface area (Å²) < 4.78 is 12.3. The number of hydrogen-bond donors (Lipinski definition) is 1. The molecule has 2 heterocycles. The van der Waals surface area contributed by atoms with Crippen LogP contribution in [-0.2, 0) is 62.6 Å². The smallest absolute Gasteiger partial charge is 0.325 e. The number of rotatable bonds is 35. The number of carbonyl (C=O) groups is 4. The first-order valence-electron chi connectivity index (χ1n) is 20.8. The Balaban J connectivity index is 1.58. The number of thiophene rings is 1. The summed E-state index contributed by atoms with van der Waals surface area (Å²) in [6, 6.07) is 8.60. The Hall–Kier alpha value is -7.25. The van der Waals surface area contributed by atoms with Crippen LogP contribution in [0, 0.1) is 40.5 Å². The van der Waals surface area contributed by atoms with Gasteiger partial charge in [-0.1, -0.05) is 25.5 Å². The number of amides is 1. The summed E-state index contributed by atoms with van der Waals surface area (Å²) in [6.07, 6.45) is 4.66. The number of Topliss-reactive ketones (excluding diaryl/α,β-unsaturated/α-hetero) is 1. The lowest BCUT2D eigenvalue weighted by atomic mass is 9.99. The summed E-state index contributed by atoms with van der Waals surface area (Å²) in [7, 11) is 0. The van der Waals surface area contributed by atoms with E-state index in [1.165, 1.54) is 11.3 Å². The standard InChI is InChI=1S/C40H51N7O18S/c1-2-3-10-37-41-23-33(22-32(21-30-17-20-66-28-30)36(48)15-16-38(49)60-18-6-4-8-34(64-46(56)57)26-62-44(52)53)43(37)25-29-11-13-31(14-12-29)40(51)42-24-39(50)61-19-7-5-9-35(65-47(58)59)27-63-45(54)55/h11-14,17,20,22-23,28,34-35H,2-10,15-16,18-19,21,24-27H2,1H3,(H,42,51)/b32-22+. The van der Waals surface area contributed by atoms with Crippen LogP contribution in [0.1, 0.15) is 104 Å². The molecule has 0 radical (unpaired) electrons. The van der Waals surface area contributed by atoms with E-state index in [0.29, 0.717) is 30.7 Å². The van der Waals surface area contributed by atoms with Gasteiger partial charge in [0.1, 0.15) is 37.8 Å². The van der Waals surface area contributed by atoms with Gasteiger partial charge in [0.25, 0.3) is 26.3 Å². The van der Waals surface area contributed by atoms with E-state index in [9.17, 15) is 59.6 Å². The minimum absolute atomic E-state index is 0.0355. The third-order valence-corrected chi connectivity index (χ3v) is 10.2. The molecule has 0 saturated carbocycles. The second-order valence-corrected chi connectivity index (χ2v) is 15.2. The molecular weight excluding hydrogens is 899 g/mol. The normalized spacial score (nSPS) is 12.0. The number of aryl methyl sites for hydroxylation is 1. The third-order valence-electron chi connectivity index (χ3n) is 9.45. The SMILES string of the molecule is CCCCc1ncc(/C=C(\Cc2ccsc2)C(=O)CCC(=O)OCCCCC(CO[N+](=O)[O-])O[N+](=O)[O-])n1Cc1ccc(C(=O)NCC(=O)OCCCCC(CO[N+](=O)[O-])O[N+](=O)[O-])cc1. The molecule has 3 aromatic rings. The molecule has 1 N–H and O–H groups in total. The molecule has 0 spiro atoms. The molecule has 66 heavy (non-hydrogen) atoms. The second kappa shape index (κ2) is 29.2. The van der Waals surface area contributed by atoms with Crippen LogP contribution in [-0.4, -0.2) is 98.7 Å². The van der Waals surface area contributed by atoms with Gasteiger partial charge in [0.2, 0.25) is 0 Å². The van der Waals surface area contributed by atoms with E-state index in [0.717, 1.165) is 29.8 Å². The van der Waals surface area contributed by atoms with Gasteiger partial charge in [-0.3, -0.25) is 19.2 Å². The molecule has 2 atom stereocenters. The van der Waals surface area contributed by atoms with Crippen molar-refractivity contribution in [2.24, 2.45) is 0 Å². The molecular formula is C40H51N7O18S. The number of benzene rings is 1. The number of nitrogens with zero attached hydrogens (tertiary/aromatic N) is 6. The quantitative estimate of drug-likeness (QED) is 0.0265. The van der Waals surface area contributed by atoms with E-state index >= 15 is 0 Å². The van der Waals surface area contributed by atoms with Gasteiger partial charge in [0, 0.05) is 36.9 Å². The average Bonchev–Trinajstić information content (AvgIpc) is 3.93. The van der Waals surface area contributed by atoms with Gasteiger partial charge in [0.15, 0.2) is 5.78 Å². The fraction of sp³-hybridized carbons (Fsp3) is 0.525. The summed E-state index contributed by atoms with van der Waals surface area (Å²) in [5.41, 5.74) is 3.08. The first-order valence-corrected chi connectivity index (χ1v) is 21.7. The average molecular weight is 950 g/mol. The summed E-state index contributed by atoms with van der Waals surface area (Å²) in [5.74, 6) is -1.37. The van der Waals surface area contributed by atoms with Gasteiger partial charge in [-0.2, -0.15) is 11.3 Å². The second-order valence-electron chi connectivity index (χ2n) is 14.4. The molecule has 26 heteroatoms. The van der Waals surface area contributed by atoms with Gasteiger partial charge < -0.3 is 38.7 Å². The number of hydrogen-bond acceptors (Lipinski definition) is 20. The molecule has 1 amide bonds. The van der Waals surface area contributed by atoms with Crippen LogP contribution in [0.25, 0.3) is 6.08 Å². The van der Waals surface area contributed by atoms with Crippen molar-refractivity contribution in [3.05, 3.63) is 122 Å². The number of carbonyl (C=O) groups excluding carboxylic acids is 4. The number of unbranched alkanes of at least 4 members (excludes halogenated alkanes) is 3. The van der Waals surface area contributed by atoms with E-state index in [2.05, 4.69) is 36.6 Å². The van der Waals surface area contributed by atoms with E-state index in [1.54, 1.807) is 36.5 Å². The molecule has 25 nitrogen and oxygen atoms in total. The van der Waals surface area contributed by atoms with Crippen molar-refractivity contribution in [1.29, 1.82) is 0 Å². The number of nitrogens with one attached hydrogen (secondary N) is 1. The van der Waals surface area contributed by atoms with Crippen molar-refractivity contribution in [2.45, 2.75) is 103 Å². The number of esters is 2. The van der Waals surface area contributed by atoms with Crippen molar-refractivity contribution < 1.29 is 68.3 Å². The van der Waals surface area contributed by atoms with E-state index in [-0.39, 0.29) is 75.9 Å². The lowest BCUT2D eigenvalue weighted by Gasteiger charge is -2.13. The van der Waals surface area contributed by atoms with Gasteiger partial charge >= 0.3 is 11.9 Å². The lowest BCUT2D eigenvalue weighted by molar-refractivity contribution is -0.790. The molecule has 0 aliphatic carbocycles. The minimum Gasteiger partial charge on any atom is -0.466 e.